The van der Waals surface area contributed by atoms with E-state index in [0.717, 1.165) is 31.6 Å². The number of hydrogen-bond acceptors (Lipinski definition) is 4. The first-order valence-corrected chi connectivity index (χ1v) is 6.83. The lowest BCUT2D eigenvalue weighted by molar-refractivity contribution is 0.0405. The summed E-state index contributed by atoms with van der Waals surface area (Å²) in [5, 5.41) is 10.7. The Bertz CT molecular complexity index is 433. The molecule has 19 heavy (non-hydrogen) atoms. The van der Waals surface area contributed by atoms with Gasteiger partial charge in [-0.15, -0.1) is 0 Å². The minimum atomic E-state index is 0.172. The number of rotatable bonds is 4. The maximum atomic E-state index is 10.1. The van der Waals surface area contributed by atoms with Crippen LogP contribution in [0.2, 0.25) is 5.02 Å². The highest BCUT2D eigenvalue weighted by atomic mass is 35.5. The van der Waals surface area contributed by atoms with E-state index in [1.54, 1.807) is 12.1 Å². The largest absolute Gasteiger partial charge is 0.504 e. The molecule has 0 saturated carbocycles. The molecule has 0 atom stereocenters. The summed E-state index contributed by atoms with van der Waals surface area (Å²) in [5.41, 5.74) is 0.790. The van der Waals surface area contributed by atoms with Gasteiger partial charge in [0, 0.05) is 42.5 Å². The van der Waals surface area contributed by atoms with E-state index in [-0.39, 0.29) is 5.75 Å². The summed E-state index contributed by atoms with van der Waals surface area (Å²) in [6, 6.07) is 3.89. The van der Waals surface area contributed by atoms with Crippen molar-refractivity contribution in [3.8, 4) is 11.5 Å². The summed E-state index contributed by atoms with van der Waals surface area (Å²) >= 11 is 6.04. The van der Waals surface area contributed by atoms with Crippen LogP contribution in [0.1, 0.15) is 18.4 Å². The van der Waals surface area contributed by atoms with Gasteiger partial charge in [0.05, 0.1) is 7.11 Å². The van der Waals surface area contributed by atoms with Crippen LogP contribution in [0.5, 0.6) is 11.5 Å². The van der Waals surface area contributed by atoms with Crippen molar-refractivity contribution in [2.45, 2.75) is 25.4 Å². The minimum absolute atomic E-state index is 0.172. The number of methoxy groups -OCH3 is 1. The number of hydrogen-bond donors (Lipinski definition) is 1. The van der Waals surface area contributed by atoms with Crippen LogP contribution in [-0.2, 0) is 11.3 Å². The lowest BCUT2D eigenvalue weighted by atomic mass is 10.1. The Hall–Kier alpha value is -0.970. The third-order valence-electron chi connectivity index (χ3n) is 3.57. The number of halogens is 1. The molecule has 0 amide bonds. The Morgan fingerprint density at radius 3 is 2.74 bits per heavy atom. The number of aromatic hydroxyl groups is 1. The zero-order valence-corrected chi connectivity index (χ0v) is 12.1. The van der Waals surface area contributed by atoms with Gasteiger partial charge in [0.2, 0.25) is 0 Å². The molecule has 1 saturated heterocycles. The minimum Gasteiger partial charge on any atom is -0.504 e. The number of phenolic OH excluding ortho intramolecular Hbond substituents is 1. The number of ether oxygens (including phenoxy) is 2. The third kappa shape index (κ3) is 3.53. The Balaban J connectivity index is 2.11. The first-order chi connectivity index (χ1) is 9.11. The van der Waals surface area contributed by atoms with Crippen molar-refractivity contribution >= 4 is 11.6 Å². The van der Waals surface area contributed by atoms with Crippen LogP contribution >= 0.6 is 11.6 Å². The second-order valence-electron chi connectivity index (χ2n) is 4.87. The molecule has 0 bridgehead atoms. The smallest absolute Gasteiger partial charge is 0.162 e. The van der Waals surface area contributed by atoms with Crippen molar-refractivity contribution in [2.24, 2.45) is 0 Å². The van der Waals surface area contributed by atoms with E-state index < -0.39 is 0 Å². The summed E-state index contributed by atoms with van der Waals surface area (Å²) in [6.45, 7) is 2.26. The Morgan fingerprint density at radius 2 is 2.11 bits per heavy atom. The first-order valence-electron chi connectivity index (χ1n) is 6.45. The molecule has 106 valence electrons. The van der Waals surface area contributed by atoms with Crippen LogP contribution in [0.15, 0.2) is 12.1 Å². The first kappa shape index (κ1) is 14.4. The number of phenols is 1. The molecule has 1 aliphatic heterocycles. The zero-order valence-electron chi connectivity index (χ0n) is 11.4. The summed E-state index contributed by atoms with van der Waals surface area (Å²) in [6.07, 6.45) is 2.05. The van der Waals surface area contributed by atoms with Crippen molar-refractivity contribution in [3.63, 3.8) is 0 Å². The molecule has 5 heteroatoms. The van der Waals surface area contributed by atoms with Crippen LogP contribution in [0.4, 0.5) is 0 Å². The third-order valence-corrected chi connectivity index (χ3v) is 3.79. The van der Waals surface area contributed by atoms with Gasteiger partial charge in [-0.1, -0.05) is 11.6 Å². The van der Waals surface area contributed by atoms with Crippen LogP contribution in [0.25, 0.3) is 0 Å². The summed E-state index contributed by atoms with van der Waals surface area (Å²) in [4.78, 5) is 2.23. The molecule has 1 fully saturated rings. The molecule has 0 radical (unpaired) electrons. The van der Waals surface area contributed by atoms with E-state index in [1.807, 2.05) is 0 Å². The molecule has 0 aliphatic carbocycles. The number of benzene rings is 1. The molecule has 2 rings (SSSR count). The van der Waals surface area contributed by atoms with Crippen LogP contribution in [-0.4, -0.2) is 43.4 Å². The van der Waals surface area contributed by atoms with E-state index in [2.05, 4.69) is 11.9 Å². The predicted octanol–water partition coefficient (Wildman–Crippen LogP) is 2.67. The van der Waals surface area contributed by atoms with Crippen molar-refractivity contribution < 1.29 is 14.6 Å². The molecule has 1 aromatic carbocycles. The normalized spacial score (nSPS) is 16.8. The van der Waals surface area contributed by atoms with Crippen LogP contribution in [0.3, 0.4) is 0 Å². The van der Waals surface area contributed by atoms with Crippen molar-refractivity contribution in [1.29, 1.82) is 0 Å². The molecule has 0 unspecified atom stereocenters. The van der Waals surface area contributed by atoms with Crippen LogP contribution in [0, 0.1) is 0 Å². The molecular weight excluding hydrogens is 266 g/mol. The lowest BCUT2D eigenvalue weighted by Crippen LogP contribution is -2.36. The molecule has 1 aromatic rings. The molecule has 4 nitrogen and oxygen atoms in total. The Kier molecular flexibility index (Phi) is 4.91. The second kappa shape index (κ2) is 6.46. The highest BCUT2D eigenvalue weighted by Gasteiger charge is 2.20. The molecule has 1 heterocycles. The molecule has 1 aliphatic rings. The fourth-order valence-electron chi connectivity index (χ4n) is 2.43. The summed E-state index contributed by atoms with van der Waals surface area (Å²) < 4.78 is 10.5. The maximum absolute atomic E-state index is 10.1. The Labute approximate surface area is 118 Å². The average molecular weight is 286 g/mol. The Morgan fingerprint density at radius 1 is 1.42 bits per heavy atom. The topological polar surface area (TPSA) is 41.9 Å². The van der Waals surface area contributed by atoms with E-state index in [1.165, 1.54) is 7.11 Å². The lowest BCUT2D eigenvalue weighted by Gasteiger charge is -2.31. The van der Waals surface area contributed by atoms with E-state index >= 15 is 0 Å². The second-order valence-corrected chi connectivity index (χ2v) is 5.31. The van der Waals surface area contributed by atoms with E-state index in [9.17, 15) is 5.11 Å². The monoisotopic (exact) mass is 285 g/mol. The maximum Gasteiger partial charge on any atom is 0.162 e. The van der Waals surface area contributed by atoms with Gasteiger partial charge in [0.25, 0.3) is 0 Å². The molecule has 0 spiro atoms. The van der Waals surface area contributed by atoms with Gasteiger partial charge < -0.3 is 14.6 Å². The quantitative estimate of drug-likeness (QED) is 0.923. The van der Waals surface area contributed by atoms with Gasteiger partial charge in [-0.25, -0.2) is 0 Å². The SMILES string of the molecule is COc1cc(Cl)cc(CN(C)C2CCOCC2)c1O. The van der Waals surface area contributed by atoms with Crippen LogP contribution < -0.4 is 4.74 Å². The highest BCUT2D eigenvalue weighted by molar-refractivity contribution is 6.30. The van der Waals surface area contributed by atoms with E-state index in [4.69, 9.17) is 21.1 Å². The predicted molar refractivity (Wildman–Crippen MR) is 75.0 cm³/mol. The van der Waals surface area contributed by atoms with Gasteiger partial charge in [-0.3, -0.25) is 4.90 Å². The fourth-order valence-corrected chi connectivity index (χ4v) is 2.66. The molecule has 1 N–H and O–H groups in total. The van der Waals surface area contributed by atoms with Crippen molar-refractivity contribution in [3.05, 3.63) is 22.7 Å². The van der Waals surface area contributed by atoms with E-state index in [0.29, 0.717) is 23.4 Å². The molecule has 0 aromatic heterocycles. The zero-order chi connectivity index (χ0) is 13.8. The number of nitrogens with zero attached hydrogens (tertiary/aromatic N) is 1. The van der Waals surface area contributed by atoms with Gasteiger partial charge in [-0.2, -0.15) is 0 Å². The molecular formula is C14H20ClNO3. The standard InChI is InChI=1S/C14H20ClNO3/c1-16(12-3-5-19-6-4-12)9-10-7-11(15)8-13(18-2)14(10)17/h7-8,12,17H,3-6,9H2,1-2H3. The average Bonchev–Trinajstić information content (AvgIpc) is 2.43. The van der Waals surface area contributed by atoms with Crippen molar-refractivity contribution in [2.75, 3.05) is 27.4 Å². The fraction of sp³-hybridized carbons (Fsp3) is 0.571. The highest BCUT2D eigenvalue weighted by Crippen LogP contribution is 2.34. The van der Waals surface area contributed by atoms with Crippen molar-refractivity contribution in [1.82, 2.24) is 4.90 Å². The van der Waals surface area contributed by atoms with Gasteiger partial charge in [0.15, 0.2) is 11.5 Å². The summed E-state index contributed by atoms with van der Waals surface area (Å²) in [5.74, 6) is 0.591. The van der Waals surface area contributed by atoms with Gasteiger partial charge in [0.1, 0.15) is 0 Å². The van der Waals surface area contributed by atoms with Gasteiger partial charge in [-0.05, 0) is 26.0 Å². The van der Waals surface area contributed by atoms with Gasteiger partial charge >= 0.3 is 0 Å². The summed E-state index contributed by atoms with van der Waals surface area (Å²) in [7, 11) is 3.58.